The Bertz CT molecular complexity index is 385. The lowest BCUT2D eigenvalue weighted by Gasteiger charge is -2.20. The Morgan fingerprint density at radius 3 is 2.53 bits per heavy atom. The van der Waals surface area contributed by atoms with E-state index in [0.717, 1.165) is 23.7 Å². The average Bonchev–Trinajstić information content (AvgIpc) is 2.32. The molecule has 1 N–H and O–H groups in total. The normalized spacial score (nSPS) is 11.6. The van der Waals surface area contributed by atoms with Crippen LogP contribution in [0.25, 0.3) is 0 Å². The summed E-state index contributed by atoms with van der Waals surface area (Å²) < 4.78 is 5.35. The topological polar surface area (TPSA) is 21.3 Å². The number of ether oxygens (including phenoxy) is 1. The third-order valence-corrected chi connectivity index (χ3v) is 3.26. The number of aryl methyl sites for hydroxylation is 1. The summed E-state index contributed by atoms with van der Waals surface area (Å²) in [6.07, 6.45) is 4.63. The summed E-state index contributed by atoms with van der Waals surface area (Å²) >= 11 is 6.02. The number of hydrogen-bond acceptors (Lipinski definition) is 2. The number of methoxy groups -OCH3 is 1. The van der Waals surface area contributed by atoms with E-state index in [9.17, 15) is 0 Å². The van der Waals surface area contributed by atoms with Crippen molar-refractivity contribution >= 4 is 11.6 Å². The van der Waals surface area contributed by atoms with Crippen LogP contribution in [0.5, 0.6) is 5.75 Å². The molecule has 0 unspecified atom stereocenters. The minimum atomic E-state index is 0.218. The summed E-state index contributed by atoms with van der Waals surface area (Å²) in [4.78, 5) is 0. The maximum Gasteiger partial charge on any atom is 0.122 e. The van der Waals surface area contributed by atoms with Gasteiger partial charge in [-0.05, 0) is 70.3 Å². The van der Waals surface area contributed by atoms with Gasteiger partial charge in [-0.3, -0.25) is 0 Å². The van der Waals surface area contributed by atoms with Crippen molar-refractivity contribution < 1.29 is 4.74 Å². The first-order valence-corrected chi connectivity index (χ1v) is 7.37. The molecule has 0 saturated carbocycles. The monoisotopic (exact) mass is 283 g/mol. The van der Waals surface area contributed by atoms with E-state index < -0.39 is 0 Å². The van der Waals surface area contributed by atoms with Gasteiger partial charge in [0.2, 0.25) is 0 Å². The van der Waals surface area contributed by atoms with Crippen molar-refractivity contribution in [3.05, 3.63) is 28.8 Å². The molecule has 0 aliphatic carbocycles. The molecule has 0 bridgehead atoms. The second-order valence-electron chi connectivity index (χ2n) is 5.94. The predicted molar refractivity (Wildman–Crippen MR) is 83.3 cm³/mol. The van der Waals surface area contributed by atoms with Gasteiger partial charge in [0.25, 0.3) is 0 Å². The van der Waals surface area contributed by atoms with Crippen LogP contribution in [0.2, 0.25) is 5.02 Å². The van der Waals surface area contributed by atoms with Crippen LogP contribution < -0.4 is 10.1 Å². The van der Waals surface area contributed by atoms with E-state index in [1.54, 1.807) is 7.11 Å². The van der Waals surface area contributed by atoms with E-state index in [2.05, 4.69) is 26.1 Å². The molecule has 1 rings (SSSR count). The molecule has 19 heavy (non-hydrogen) atoms. The maximum absolute atomic E-state index is 6.02. The molecular formula is C16H26ClNO. The molecule has 2 nitrogen and oxygen atoms in total. The Morgan fingerprint density at radius 2 is 1.89 bits per heavy atom. The van der Waals surface area contributed by atoms with Gasteiger partial charge in [-0.15, -0.1) is 0 Å². The highest BCUT2D eigenvalue weighted by Crippen LogP contribution is 2.24. The molecule has 0 aromatic heterocycles. The summed E-state index contributed by atoms with van der Waals surface area (Å²) in [7, 11) is 1.71. The number of nitrogens with one attached hydrogen (secondary N) is 1. The summed E-state index contributed by atoms with van der Waals surface area (Å²) in [6.45, 7) is 7.67. The number of rotatable bonds is 7. The Balaban J connectivity index is 2.28. The number of halogens is 1. The molecule has 1 aromatic carbocycles. The van der Waals surface area contributed by atoms with Gasteiger partial charge in [0, 0.05) is 10.6 Å². The zero-order chi connectivity index (χ0) is 14.3. The van der Waals surface area contributed by atoms with Gasteiger partial charge in [-0.2, -0.15) is 0 Å². The second kappa shape index (κ2) is 7.76. The molecule has 0 amide bonds. The van der Waals surface area contributed by atoms with Gasteiger partial charge in [0.15, 0.2) is 0 Å². The second-order valence-corrected chi connectivity index (χ2v) is 6.38. The van der Waals surface area contributed by atoms with Crippen LogP contribution >= 0.6 is 11.6 Å². The van der Waals surface area contributed by atoms with E-state index in [0.29, 0.717) is 0 Å². The van der Waals surface area contributed by atoms with E-state index in [1.807, 2.05) is 18.2 Å². The van der Waals surface area contributed by atoms with Crippen molar-refractivity contribution in [2.24, 2.45) is 0 Å². The molecule has 0 saturated heterocycles. The van der Waals surface area contributed by atoms with Gasteiger partial charge in [-0.1, -0.05) is 18.0 Å². The van der Waals surface area contributed by atoms with Crippen molar-refractivity contribution in [1.29, 1.82) is 0 Å². The third kappa shape index (κ3) is 6.84. The van der Waals surface area contributed by atoms with Crippen molar-refractivity contribution in [2.45, 2.75) is 52.0 Å². The average molecular weight is 284 g/mol. The molecule has 1 aromatic rings. The standard InChI is InChI=1S/C16H26ClNO/c1-16(2,3)18-11-7-5-6-8-13-12-14(17)9-10-15(13)19-4/h9-10,12,18H,5-8,11H2,1-4H3. The smallest absolute Gasteiger partial charge is 0.122 e. The molecule has 3 heteroatoms. The van der Waals surface area contributed by atoms with Crippen LogP contribution in [-0.2, 0) is 6.42 Å². The molecule has 0 atom stereocenters. The zero-order valence-electron chi connectivity index (χ0n) is 12.6. The molecule has 0 aliphatic heterocycles. The fourth-order valence-corrected chi connectivity index (χ4v) is 2.22. The lowest BCUT2D eigenvalue weighted by atomic mass is 10.1. The molecule has 0 heterocycles. The minimum absolute atomic E-state index is 0.218. The molecule has 0 spiro atoms. The largest absolute Gasteiger partial charge is 0.496 e. The van der Waals surface area contributed by atoms with E-state index >= 15 is 0 Å². The fourth-order valence-electron chi connectivity index (χ4n) is 2.02. The van der Waals surface area contributed by atoms with Gasteiger partial charge >= 0.3 is 0 Å². The molecule has 0 fully saturated rings. The van der Waals surface area contributed by atoms with Crippen LogP contribution in [0.1, 0.15) is 45.6 Å². The molecule has 108 valence electrons. The van der Waals surface area contributed by atoms with E-state index in [1.165, 1.54) is 24.8 Å². The SMILES string of the molecule is COc1ccc(Cl)cc1CCCCCNC(C)(C)C. The van der Waals surface area contributed by atoms with Crippen LogP contribution in [0, 0.1) is 0 Å². The fraction of sp³-hybridized carbons (Fsp3) is 0.625. The predicted octanol–water partition coefficient (Wildman–Crippen LogP) is 4.45. The first-order valence-electron chi connectivity index (χ1n) is 7.00. The van der Waals surface area contributed by atoms with Gasteiger partial charge in [0.05, 0.1) is 7.11 Å². The highest BCUT2D eigenvalue weighted by Gasteiger charge is 2.07. The Morgan fingerprint density at radius 1 is 1.16 bits per heavy atom. The van der Waals surface area contributed by atoms with Crippen molar-refractivity contribution in [1.82, 2.24) is 5.32 Å². The summed E-state index contributed by atoms with van der Waals surface area (Å²) in [5.41, 5.74) is 1.43. The van der Waals surface area contributed by atoms with E-state index in [4.69, 9.17) is 16.3 Å². The Kier molecular flexibility index (Phi) is 6.67. The zero-order valence-corrected chi connectivity index (χ0v) is 13.3. The molecule has 0 radical (unpaired) electrons. The quantitative estimate of drug-likeness (QED) is 0.747. The Hall–Kier alpha value is -0.730. The van der Waals surface area contributed by atoms with Crippen molar-refractivity contribution in [3.63, 3.8) is 0 Å². The highest BCUT2D eigenvalue weighted by molar-refractivity contribution is 6.30. The van der Waals surface area contributed by atoms with Crippen LogP contribution in [0.3, 0.4) is 0 Å². The van der Waals surface area contributed by atoms with Crippen molar-refractivity contribution in [3.8, 4) is 5.75 Å². The lowest BCUT2D eigenvalue weighted by Crippen LogP contribution is -2.36. The van der Waals surface area contributed by atoms with Crippen LogP contribution in [0.15, 0.2) is 18.2 Å². The first-order chi connectivity index (χ1) is 8.92. The van der Waals surface area contributed by atoms with Gasteiger partial charge in [-0.25, -0.2) is 0 Å². The first kappa shape index (κ1) is 16.3. The summed E-state index contributed by atoms with van der Waals surface area (Å²) in [5, 5.41) is 4.29. The molecular weight excluding hydrogens is 258 g/mol. The molecule has 0 aliphatic rings. The van der Waals surface area contributed by atoms with Crippen molar-refractivity contribution in [2.75, 3.05) is 13.7 Å². The van der Waals surface area contributed by atoms with Crippen LogP contribution in [0.4, 0.5) is 0 Å². The maximum atomic E-state index is 6.02. The van der Waals surface area contributed by atoms with Gasteiger partial charge < -0.3 is 10.1 Å². The number of benzene rings is 1. The minimum Gasteiger partial charge on any atom is -0.496 e. The van der Waals surface area contributed by atoms with E-state index in [-0.39, 0.29) is 5.54 Å². The Labute approximate surface area is 122 Å². The number of hydrogen-bond donors (Lipinski definition) is 1. The highest BCUT2D eigenvalue weighted by atomic mass is 35.5. The summed E-state index contributed by atoms with van der Waals surface area (Å²) in [6, 6.07) is 5.82. The lowest BCUT2D eigenvalue weighted by molar-refractivity contribution is 0.406. The van der Waals surface area contributed by atoms with Gasteiger partial charge in [0.1, 0.15) is 5.75 Å². The third-order valence-electron chi connectivity index (χ3n) is 3.02. The number of unbranched alkanes of at least 4 members (excludes halogenated alkanes) is 2. The summed E-state index contributed by atoms with van der Waals surface area (Å²) in [5.74, 6) is 0.942. The van der Waals surface area contributed by atoms with Crippen LogP contribution in [-0.4, -0.2) is 19.2 Å².